The van der Waals surface area contributed by atoms with Crippen molar-refractivity contribution >= 4 is 28.8 Å². The molecule has 0 spiro atoms. The van der Waals surface area contributed by atoms with Crippen LogP contribution in [-0.4, -0.2) is 27.9 Å². The molecule has 0 fully saturated rings. The molecular weight excluding hydrogens is 316 g/mol. The van der Waals surface area contributed by atoms with E-state index in [4.69, 9.17) is 0 Å². The molecule has 2 N–H and O–H groups in total. The summed E-state index contributed by atoms with van der Waals surface area (Å²) in [7, 11) is 0. The molecule has 130 valence electrons. The Labute approximate surface area is 146 Å². The number of allylic oxidation sites excluding steroid dienone is 1. The fourth-order valence-electron chi connectivity index (χ4n) is 3.70. The van der Waals surface area contributed by atoms with Gasteiger partial charge in [0.25, 0.3) is 0 Å². The number of amides is 2. The molecule has 0 saturated carbocycles. The number of hydrogen-bond acceptors (Lipinski definition) is 3. The highest BCUT2D eigenvalue weighted by atomic mass is 16.2. The van der Waals surface area contributed by atoms with Gasteiger partial charge in [0.15, 0.2) is 0 Å². The second-order valence-corrected chi connectivity index (χ2v) is 6.71. The van der Waals surface area contributed by atoms with Gasteiger partial charge in [-0.15, -0.1) is 0 Å². The minimum Gasteiger partial charge on any atom is -0.354 e. The van der Waals surface area contributed by atoms with Crippen LogP contribution in [0.1, 0.15) is 44.6 Å². The Kier molecular flexibility index (Phi) is 4.26. The Balaban J connectivity index is 1.51. The number of nitrogens with zero attached hydrogens (tertiary/aromatic N) is 2. The van der Waals surface area contributed by atoms with Crippen molar-refractivity contribution < 1.29 is 9.59 Å². The highest BCUT2D eigenvalue weighted by Crippen LogP contribution is 2.30. The van der Waals surface area contributed by atoms with Crippen LogP contribution < -0.4 is 10.6 Å². The van der Waals surface area contributed by atoms with Crippen molar-refractivity contribution in [2.24, 2.45) is 0 Å². The minimum atomic E-state index is -0.545. The number of anilines is 1. The Morgan fingerprint density at radius 1 is 1.32 bits per heavy atom. The first kappa shape index (κ1) is 15.9. The van der Waals surface area contributed by atoms with Gasteiger partial charge in [-0.25, -0.2) is 4.98 Å². The lowest BCUT2D eigenvalue weighted by atomic mass is 9.97. The van der Waals surface area contributed by atoms with Crippen LogP contribution in [0.2, 0.25) is 0 Å². The first-order valence-corrected chi connectivity index (χ1v) is 8.95. The fraction of sp³-hybridized carbons (Fsp3) is 0.421. The van der Waals surface area contributed by atoms with Crippen LogP contribution >= 0.6 is 0 Å². The maximum Gasteiger partial charge on any atom is 0.243 e. The van der Waals surface area contributed by atoms with Gasteiger partial charge in [-0.2, -0.15) is 0 Å². The number of benzene rings is 1. The van der Waals surface area contributed by atoms with E-state index in [2.05, 4.69) is 21.7 Å². The van der Waals surface area contributed by atoms with Crippen LogP contribution in [0.25, 0.3) is 11.0 Å². The maximum absolute atomic E-state index is 12.7. The summed E-state index contributed by atoms with van der Waals surface area (Å²) in [5, 5.41) is 5.77. The second-order valence-electron chi connectivity index (χ2n) is 6.71. The molecule has 4 rings (SSSR count). The number of carbonyl (C=O) groups is 2. The van der Waals surface area contributed by atoms with Gasteiger partial charge >= 0.3 is 0 Å². The summed E-state index contributed by atoms with van der Waals surface area (Å²) in [6.07, 6.45) is 8.13. The third-order valence-electron chi connectivity index (χ3n) is 4.97. The van der Waals surface area contributed by atoms with Crippen molar-refractivity contribution in [2.45, 2.75) is 44.6 Å². The SMILES string of the molecule is O=C1CC(C(=O)NCCC2=CCCCC2)n2c(nc3ccccc32)N1. The lowest BCUT2D eigenvalue weighted by molar-refractivity contribution is -0.128. The topological polar surface area (TPSA) is 76.0 Å². The van der Waals surface area contributed by atoms with Crippen LogP contribution in [-0.2, 0) is 9.59 Å². The van der Waals surface area contributed by atoms with Gasteiger partial charge in [0.05, 0.1) is 17.5 Å². The summed E-state index contributed by atoms with van der Waals surface area (Å²) in [6, 6.07) is 7.08. The van der Waals surface area contributed by atoms with Crippen molar-refractivity contribution in [1.29, 1.82) is 0 Å². The van der Waals surface area contributed by atoms with Crippen molar-refractivity contribution in [2.75, 3.05) is 11.9 Å². The summed E-state index contributed by atoms with van der Waals surface area (Å²) >= 11 is 0. The number of rotatable bonds is 4. The van der Waals surface area contributed by atoms with E-state index in [1.165, 1.54) is 18.4 Å². The fourth-order valence-corrected chi connectivity index (χ4v) is 3.70. The van der Waals surface area contributed by atoms with Crippen molar-refractivity contribution in [3.63, 3.8) is 0 Å². The van der Waals surface area contributed by atoms with E-state index in [0.717, 1.165) is 30.3 Å². The normalized spacial score (nSPS) is 19.9. The van der Waals surface area contributed by atoms with Crippen LogP contribution in [0.15, 0.2) is 35.9 Å². The van der Waals surface area contributed by atoms with Crippen LogP contribution in [0.5, 0.6) is 0 Å². The van der Waals surface area contributed by atoms with Gasteiger partial charge in [-0.1, -0.05) is 23.8 Å². The lowest BCUT2D eigenvalue weighted by Gasteiger charge is -2.25. The molecule has 1 aliphatic heterocycles. The van der Waals surface area contributed by atoms with E-state index in [9.17, 15) is 9.59 Å². The highest BCUT2D eigenvalue weighted by Gasteiger charge is 2.32. The number of fused-ring (bicyclic) bond motifs is 3. The van der Waals surface area contributed by atoms with E-state index in [1.54, 1.807) is 0 Å². The largest absolute Gasteiger partial charge is 0.354 e. The molecule has 1 aromatic carbocycles. The van der Waals surface area contributed by atoms with Gasteiger partial charge in [0, 0.05) is 6.54 Å². The summed E-state index contributed by atoms with van der Waals surface area (Å²) in [5.41, 5.74) is 3.08. The van der Waals surface area contributed by atoms with Gasteiger partial charge in [-0.05, 0) is 44.2 Å². The third kappa shape index (κ3) is 3.16. The monoisotopic (exact) mass is 338 g/mol. The lowest BCUT2D eigenvalue weighted by Crippen LogP contribution is -2.39. The number of carbonyl (C=O) groups excluding carboxylic acids is 2. The summed E-state index contributed by atoms with van der Waals surface area (Å²) in [6.45, 7) is 0.616. The van der Waals surface area contributed by atoms with Crippen LogP contribution in [0.3, 0.4) is 0 Å². The molecule has 2 heterocycles. The molecular formula is C19H22N4O2. The van der Waals surface area contributed by atoms with E-state index in [0.29, 0.717) is 12.5 Å². The number of hydrogen-bond donors (Lipinski definition) is 2. The predicted molar refractivity (Wildman–Crippen MR) is 96.2 cm³/mol. The van der Waals surface area contributed by atoms with Gasteiger partial charge in [-0.3, -0.25) is 19.5 Å². The van der Waals surface area contributed by atoms with Crippen molar-refractivity contribution in [3.05, 3.63) is 35.9 Å². The van der Waals surface area contributed by atoms with E-state index in [1.807, 2.05) is 28.8 Å². The Hall–Kier alpha value is -2.63. The molecule has 6 heteroatoms. The molecule has 25 heavy (non-hydrogen) atoms. The standard InChI is InChI=1S/C19H22N4O2/c24-17-12-16(18(25)20-11-10-13-6-2-1-3-7-13)23-15-9-5-4-8-14(15)21-19(23)22-17/h4-6,8-9,16H,1-3,7,10-12H2,(H,20,25)(H,21,22,24). The number of para-hydroxylation sites is 2. The molecule has 2 aromatic rings. The molecule has 2 aliphatic rings. The number of aromatic nitrogens is 2. The maximum atomic E-state index is 12.7. The average Bonchev–Trinajstić information content (AvgIpc) is 2.99. The molecule has 2 amide bonds. The zero-order valence-corrected chi connectivity index (χ0v) is 14.1. The average molecular weight is 338 g/mol. The molecule has 1 atom stereocenters. The summed E-state index contributed by atoms with van der Waals surface area (Å²) in [4.78, 5) is 29.1. The zero-order valence-electron chi connectivity index (χ0n) is 14.1. The Morgan fingerprint density at radius 3 is 3.04 bits per heavy atom. The highest BCUT2D eigenvalue weighted by molar-refractivity contribution is 5.99. The molecule has 0 radical (unpaired) electrons. The molecule has 1 unspecified atom stereocenters. The molecule has 1 aromatic heterocycles. The first-order chi connectivity index (χ1) is 12.2. The molecule has 0 saturated heterocycles. The molecule has 6 nitrogen and oxygen atoms in total. The number of imidazole rings is 1. The molecule has 1 aliphatic carbocycles. The van der Waals surface area contributed by atoms with Crippen molar-refractivity contribution in [1.82, 2.24) is 14.9 Å². The molecule has 0 bridgehead atoms. The van der Waals surface area contributed by atoms with Gasteiger partial charge in [0.1, 0.15) is 6.04 Å². The Bertz CT molecular complexity index is 852. The summed E-state index contributed by atoms with van der Waals surface area (Å²) in [5.74, 6) is 0.168. The van der Waals surface area contributed by atoms with Gasteiger partial charge in [0.2, 0.25) is 17.8 Å². The van der Waals surface area contributed by atoms with Crippen molar-refractivity contribution in [3.8, 4) is 0 Å². The van der Waals surface area contributed by atoms with Crippen LogP contribution in [0, 0.1) is 0 Å². The smallest absolute Gasteiger partial charge is 0.243 e. The van der Waals surface area contributed by atoms with E-state index >= 15 is 0 Å². The quantitative estimate of drug-likeness (QED) is 0.842. The van der Waals surface area contributed by atoms with E-state index in [-0.39, 0.29) is 18.2 Å². The minimum absolute atomic E-state index is 0.115. The van der Waals surface area contributed by atoms with E-state index < -0.39 is 6.04 Å². The zero-order chi connectivity index (χ0) is 17.2. The predicted octanol–water partition coefficient (Wildman–Crippen LogP) is 2.93. The van der Waals surface area contributed by atoms with Gasteiger partial charge < -0.3 is 5.32 Å². The third-order valence-corrected chi connectivity index (χ3v) is 4.97. The Morgan fingerprint density at radius 2 is 2.20 bits per heavy atom. The first-order valence-electron chi connectivity index (χ1n) is 8.95. The van der Waals surface area contributed by atoms with Crippen LogP contribution in [0.4, 0.5) is 5.95 Å². The summed E-state index contributed by atoms with van der Waals surface area (Å²) < 4.78 is 1.84. The second kappa shape index (κ2) is 6.70. The number of nitrogens with one attached hydrogen (secondary N) is 2.